The highest BCUT2D eigenvalue weighted by molar-refractivity contribution is 7.13. The van der Waals surface area contributed by atoms with E-state index in [4.69, 9.17) is 0 Å². The smallest absolute Gasteiger partial charge is 0.273 e. The number of piperidine rings is 1. The summed E-state index contributed by atoms with van der Waals surface area (Å²) < 4.78 is 0. The molecule has 98 valence electrons. The topological polar surface area (TPSA) is 33.2 Å². The second-order valence-corrected chi connectivity index (χ2v) is 5.60. The molecule has 1 fully saturated rings. The lowest BCUT2D eigenvalue weighted by Crippen LogP contribution is -2.36. The van der Waals surface area contributed by atoms with E-state index in [1.165, 1.54) is 17.8 Å². The summed E-state index contributed by atoms with van der Waals surface area (Å²) in [6, 6.07) is 10.0. The van der Waals surface area contributed by atoms with Crippen molar-refractivity contribution in [3.8, 4) is 10.4 Å². The van der Waals surface area contributed by atoms with Crippen molar-refractivity contribution in [1.82, 2.24) is 9.88 Å². The van der Waals surface area contributed by atoms with Crippen LogP contribution in [-0.2, 0) is 0 Å². The molecule has 0 radical (unpaired) electrons. The normalized spacial score (nSPS) is 15.5. The van der Waals surface area contributed by atoms with Crippen molar-refractivity contribution in [2.45, 2.75) is 19.3 Å². The number of amides is 1. The molecule has 0 unspecified atom stereocenters. The standard InChI is InChI=1S/C15H16N2OS/c18-15(17-9-5-2-6-10-17)13-14(19-11-16-13)12-7-3-1-4-8-12/h1,3-4,7-8,11H,2,5-6,9-10H2. The van der Waals surface area contributed by atoms with Gasteiger partial charge in [-0.1, -0.05) is 30.3 Å². The second kappa shape index (κ2) is 5.53. The highest BCUT2D eigenvalue weighted by Crippen LogP contribution is 2.28. The Morgan fingerprint density at radius 1 is 1.11 bits per heavy atom. The van der Waals surface area contributed by atoms with Crippen LogP contribution in [-0.4, -0.2) is 28.9 Å². The Kier molecular flexibility index (Phi) is 3.60. The molecule has 0 spiro atoms. The number of carbonyl (C=O) groups is 1. The Morgan fingerprint density at radius 3 is 2.58 bits per heavy atom. The number of rotatable bonds is 2. The molecule has 0 bridgehead atoms. The zero-order chi connectivity index (χ0) is 13.1. The van der Waals surface area contributed by atoms with Gasteiger partial charge in [0.2, 0.25) is 0 Å². The summed E-state index contributed by atoms with van der Waals surface area (Å²) in [4.78, 5) is 19.7. The number of carbonyl (C=O) groups excluding carboxylic acids is 1. The average Bonchev–Trinajstić information content (AvgIpc) is 2.98. The van der Waals surface area contributed by atoms with Crippen molar-refractivity contribution in [2.24, 2.45) is 0 Å². The van der Waals surface area contributed by atoms with Crippen LogP contribution in [0.3, 0.4) is 0 Å². The molecule has 1 aliphatic rings. The molecular formula is C15H16N2OS. The molecule has 0 atom stereocenters. The summed E-state index contributed by atoms with van der Waals surface area (Å²) >= 11 is 1.54. The van der Waals surface area contributed by atoms with Crippen LogP contribution >= 0.6 is 11.3 Å². The van der Waals surface area contributed by atoms with Gasteiger partial charge in [0.15, 0.2) is 0 Å². The van der Waals surface area contributed by atoms with Crippen LogP contribution in [0.15, 0.2) is 35.8 Å². The molecule has 1 saturated heterocycles. The lowest BCUT2D eigenvalue weighted by molar-refractivity contribution is 0.0720. The van der Waals surface area contributed by atoms with E-state index in [1.54, 1.807) is 5.51 Å². The van der Waals surface area contributed by atoms with Crippen LogP contribution in [0.4, 0.5) is 0 Å². The fourth-order valence-electron chi connectivity index (χ4n) is 2.44. The highest BCUT2D eigenvalue weighted by Gasteiger charge is 2.23. The van der Waals surface area contributed by atoms with Crippen LogP contribution in [0, 0.1) is 0 Å². The SMILES string of the molecule is O=C(c1ncsc1-c1ccccc1)N1CCCCC1. The van der Waals surface area contributed by atoms with Crippen molar-refractivity contribution in [3.63, 3.8) is 0 Å². The molecule has 19 heavy (non-hydrogen) atoms. The number of thiazole rings is 1. The van der Waals surface area contributed by atoms with Gasteiger partial charge in [0, 0.05) is 13.1 Å². The first-order chi connectivity index (χ1) is 9.36. The van der Waals surface area contributed by atoms with Gasteiger partial charge in [-0.05, 0) is 24.8 Å². The van der Waals surface area contributed by atoms with Crippen molar-refractivity contribution >= 4 is 17.2 Å². The summed E-state index contributed by atoms with van der Waals surface area (Å²) in [7, 11) is 0. The Morgan fingerprint density at radius 2 is 1.84 bits per heavy atom. The molecule has 2 aromatic rings. The van der Waals surface area contributed by atoms with Crippen LogP contribution < -0.4 is 0 Å². The molecule has 0 saturated carbocycles. The number of hydrogen-bond acceptors (Lipinski definition) is 3. The van der Waals surface area contributed by atoms with Crippen LogP contribution in [0.5, 0.6) is 0 Å². The second-order valence-electron chi connectivity index (χ2n) is 4.75. The van der Waals surface area contributed by atoms with E-state index >= 15 is 0 Å². The molecule has 4 heteroatoms. The molecule has 0 N–H and O–H groups in total. The number of nitrogens with zero attached hydrogens (tertiary/aromatic N) is 2. The maximum absolute atomic E-state index is 12.5. The van der Waals surface area contributed by atoms with Crippen molar-refractivity contribution < 1.29 is 4.79 Å². The first-order valence-corrected chi connectivity index (χ1v) is 7.52. The number of benzene rings is 1. The van der Waals surface area contributed by atoms with Crippen molar-refractivity contribution in [2.75, 3.05) is 13.1 Å². The van der Waals surface area contributed by atoms with E-state index in [-0.39, 0.29) is 5.91 Å². The van der Waals surface area contributed by atoms with Gasteiger partial charge in [0.1, 0.15) is 5.69 Å². The highest BCUT2D eigenvalue weighted by atomic mass is 32.1. The molecule has 1 aromatic carbocycles. The fourth-order valence-corrected chi connectivity index (χ4v) is 3.23. The van der Waals surface area contributed by atoms with Crippen LogP contribution in [0.2, 0.25) is 0 Å². The third kappa shape index (κ3) is 2.54. The minimum atomic E-state index is 0.0832. The predicted octanol–water partition coefficient (Wildman–Crippen LogP) is 3.44. The maximum atomic E-state index is 12.5. The third-order valence-corrected chi connectivity index (χ3v) is 4.32. The Balaban J connectivity index is 1.89. The van der Waals surface area contributed by atoms with E-state index in [0.29, 0.717) is 5.69 Å². The lowest BCUT2D eigenvalue weighted by atomic mass is 10.1. The van der Waals surface area contributed by atoms with Gasteiger partial charge in [-0.15, -0.1) is 11.3 Å². The van der Waals surface area contributed by atoms with E-state index in [2.05, 4.69) is 4.98 Å². The van der Waals surface area contributed by atoms with Crippen molar-refractivity contribution in [1.29, 1.82) is 0 Å². The summed E-state index contributed by atoms with van der Waals surface area (Å²) in [5, 5.41) is 0. The number of likely N-dealkylation sites (tertiary alicyclic amines) is 1. The first-order valence-electron chi connectivity index (χ1n) is 6.64. The molecule has 3 rings (SSSR count). The number of aromatic nitrogens is 1. The largest absolute Gasteiger partial charge is 0.337 e. The monoisotopic (exact) mass is 272 g/mol. The van der Waals surface area contributed by atoms with Gasteiger partial charge in [-0.3, -0.25) is 4.79 Å². The summed E-state index contributed by atoms with van der Waals surface area (Å²) in [5.41, 5.74) is 3.45. The average molecular weight is 272 g/mol. The van der Waals surface area contributed by atoms with Gasteiger partial charge >= 0.3 is 0 Å². The molecule has 3 nitrogen and oxygen atoms in total. The zero-order valence-corrected chi connectivity index (χ0v) is 11.5. The van der Waals surface area contributed by atoms with Crippen molar-refractivity contribution in [3.05, 3.63) is 41.5 Å². The summed E-state index contributed by atoms with van der Waals surface area (Å²) in [6.45, 7) is 1.73. The molecule has 2 heterocycles. The predicted molar refractivity (Wildman–Crippen MR) is 77.3 cm³/mol. The Bertz CT molecular complexity index is 559. The molecule has 1 aliphatic heterocycles. The van der Waals surface area contributed by atoms with Gasteiger partial charge in [0.05, 0.1) is 10.4 Å². The van der Waals surface area contributed by atoms with E-state index in [0.717, 1.165) is 36.4 Å². The minimum Gasteiger partial charge on any atom is -0.337 e. The van der Waals surface area contributed by atoms with Gasteiger partial charge in [-0.2, -0.15) is 0 Å². The molecule has 1 amide bonds. The third-order valence-electron chi connectivity index (χ3n) is 3.45. The molecule has 0 aliphatic carbocycles. The van der Waals surface area contributed by atoms with Gasteiger partial charge in [-0.25, -0.2) is 4.98 Å². The minimum absolute atomic E-state index is 0.0832. The van der Waals surface area contributed by atoms with Gasteiger partial charge in [0.25, 0.3) is 5.91 Å². The lowest BCUT2D eigenvalue weighted by Gasteiger charge is -2.26. The number of hydrogen-bond donors (Lipinski definition) is 0. The van der Waals surface area contributed by atoms with E-state index < -0.39 is 0 Å². The summed E-state index contributed by atoms with van der Waals surface area (Å²) in [6.07, 6.45) is 3.44. The first kappa shape index (κ1) is 12.4. The van der Waals surface area contributed by atoms with Crippen LogP contribution in [0.1, 0.15) is 29.8 Å². The fraction of sp³-hybridized carbons (Fsp3) is 0.333. The van der Waals surface area contributed by atoms with E-state index in [1.807, 2.05) is 35.2 Å². The quantitative estimate of drug-likeness (QED) is 0.839. The van der Waals surface area contributed by atoms with Gasteiger partial charge < -0.3 is 4.90 Å². The molecule has 1 aromatic heterocycles. The van der Waals surface area contributed by atoms with Crippen LogP contribution in [0.25, 0.3) is 10.4 Å². The zero-order valence-electron chi connectivity index (χ0n) is 10.7. The van der Waals surface area contributed by atoms with E-state index in [9.17, 15) is 4.79 Å². The molecular weight excluding hydrogens is 256 g/mol. The maximum Gasteiger partial charge on any atom is 0.273 e. The Hall–Kier alpha value is -1.68. The summed E-state index contributed by atoms with van der Waals surface area (Å²) in [5.74, 6) is 0.0832. The Labute approximate surface area is 116 Å².